The van der Waals surface area contributed by atoms with Crippen molar-refractivity contribution in [2.45, 2.75) is 18.9 Å². The molecule has 1 unspecified atom stereocenters. The van der Waals surface area contributed by atoms with Crippen molar-refractivity contribution in [2.24, 2.45) is 0 Å². The van der Waals surface area contributed by atoms with E-state index in [1.165, 1.54) is 18.7 Å². The Balaban J connectivity index is 1.63. The lowest BCUT2D eigenvalue weighted by atomic mass is 10.2. The van der Waals surface area contributed by atoms with Crippen molar-refractivity contribution >= 4 is 0 Å². The maximum Gasteiger partial charge on any atom is 0.0204 e. The fourth-order valence-corrected chi connectivity index (χ4v) is 1.76. The molecule has 1 aliphatic rings. The summed E-state index contributed by atoms with van der Waals surface area (Å²) >= 11 is 0. The van der Waals surface area contributed by atoms with Gasteiger partial charge in [0.2, 0.25) is 0 Å². The molecule has 3 nitrogen and oxygen atoms in total. The molecule has 0 spiro atoms. The van der Waals surface area contributed by atoms with Gasteiger partial charge in [0.1, 0.15) is 0 Å². The molecule has 1 aliphatic heterocycles. The zero-order valence-electron chi connectivity index (χ0n) is 7.84. The number of H-pyrrole nitrogens is 1. The lowest BCUT2D eigenvalue weighted by Crippen LogP contribution is -2.32. The zero-order chi connectivity index (χ0) is 8.93. The molecular weight excluding hydrogens is 162 g/mol. The molecule has 1 fully saturated rings. The molecule has 3 heteroatoms. The Morgan fingerprint density at radius 3 is 3.23 bits per heavy atom. The average molecular weight is 179 g/mol. The lowest BCUT2D eigenvalue weighted by molar-refractivity contribution is 0.548. The van der Waals surface area contributed by atoms with Gasteiger partial charge in [0, 0.05) is 31.0 Å². The van der Waals surface area contributed by atoms with Crippen LogP contribution in [0.4, 0.5) is 0 Å². The van der Waals surface area contributed by atoms with Crippen LogP contribution in [-0.2, 0) is 6.42 Å². The molecule has 13 heavy (non-hydrogen) atoms. The first-order chi connectivity index (χ1) is 6.45. The van der Waals surface area contributed by atoms with E-state index < -0.39 is 0 Å². The summed E-state index contributed by atoms with van der Waals surface area (Å²) in [5.41, 5.74) is 1.32. The molecule has 3 N–H and O–H groups in total. The maximum atomic E-state index is 3.54. The van der Waals surface area contributed by atoms with Gasteiger partial charge in [-0.1, -0.05) is 0 Å². The third-order valence-corrected chi connectivity index (χ3v) is 2.55. The van der Waals surface area contributed by atoms with Crippen molar-refractivity contribution in [3.63, 3.8) is 0 Å². The van der Waals surface area contributed by atoms with Gasteiger partial charge in [-0.15, -0.1) is 0 Å². The van der Waals surface area contributed by atoms with Crippen LogP contribution >= 0.6 is 0 Å². The molecule has 0 saturated carbocycles. The minimum absolute atomic E-state index is 0.690. The molecule has 0 aliphatic carbocycles. The lowest BCUT2D eigenvalue weighted by Gasteiger charge is -2.09. The number of nitrogens with one attached hydrogen (secondary N) is 3. The summed E-state index contributed by atoms with van der Waals surface area (Å²) in [6, 6.07) is 4.87. The molecule has 72 valence electrons. The molecular formula is C10H17N3. The number of hydrogen-bond donors (Lipinski definition) is 3. The SMILES string of the molecule is c1c[nH]c(CCNC2CCNC2)c1. The van der Waals surface area contributed by atoms with Crippen LogP contribution in [0.2, 0.25) is 0 Å². The largest absolute Gasteiger partial charge is 0.365 e. The summed E-state index contributed by atoms with van der Waals surface area (Å²) in [5, 5.41) is 6.88. The summed E-state index contributed by atoms with van der Waals surface area (Å²) in [7, 11) is 0. The Labute approximate surface area is 78.9 Å². The monoisotopic (exact) mass is 179 g/mol. The van der Waals surface area contributed by atoms with E-state index in [4.69, 9.17) is 0 Å². The van der Waals surface area contributed by atoms with Crippen LogP contribution in [0, 0.1) is 0 Å². The van der Waals surface area contributed by atoms with Gasteiger partial charge in [0.05, 0.1) is 0 Å². The smallest absolute Gasteiger partial charge is 0.0204 e. The van der Waals surface area contributed by atoms with Crippen LogP contribution in [0.1, 0.15) is 12.1 Å². The normalized spacial score (nSPS) is 22.3. The molecule has 0 aromatic carbocycles. The summed E-state index contributed by atoms with van der Waals surface area (Å²) in [6.45, 7) is 3.37. The number of rotatable bonds is 4. The van der Waals surface area contributed by atoms with Crippen molar-refractivity contribution < 1.29 is 0 Å². The highest BCUT2D eigenvalue weighted by Gasteiger charge is 2.12. The fraction of sp³-hybridized carbons (Fsp3) is 0.600. The first kappa shape index (κ1) is 8.78. The van der Waals surface area contributed by atoms with Gasteiger partial charge in [-0.3, -0.25) is 0 Å². The molecule has 1 atom stereocenters. The third kappa shape index (κ3) is 2.57. The van der Waals surface area contributed by atoms with E-state index in [1.807, 2.05) is 12.3 Å². The second-order valence-corrected chi connectivity index (χ2v) is 3.59. The van der Waals surface area contributed by atoms with E-state index in [0.717, 1.165) is 19.5 Å². The summed E-state index contributed by atoms with van der Waals surface area (Å²) < 4.78 is 0. The van der Waals surface area contributed by atoms with Crippen LogP contribution < -0.4 is 10.6 Å². The van der Waals surface area contributed by atoms with Crippen LogP contribution in [0.15, 0.2) is 18.3 Å². The van der Waals surface area contributed by atoms with Crippen LogP contribution in [-0.4, -0.2) is 30.7 Å². The van der Waals surface area contributed by atoms with Gasteiger partial charge in [-0.2, -0.15) is 0 Å². The van der Waals surface area contributed by atoms with Gasteiger partial charge in [-0.05, 0) is 31.5 Å². The number of aromatic amines is 1. The van der Waals surface area contributed by atoms with Gasteiger partial charge >= 0.3 is 0 Å². The molecule has 0 radical (unpaired) electrons. The van der Waals surface area contributed by atoms with Crippen LogP contribution in [0.3, 0.4) is 0 Å². The van der Waals surface area contributed by atoms with E-state index in [1.54, 1.807) is 0 Å². The van der Waals surface area contributed by atoms with E-state index in [0.29, 0.717) is 6.04 Å². The zero-order valence-corrected chi connectivity index (χ0v) is 7.84. The first-order valence-electron chi connectivity index (χ1n) is 5.01. The molecule has 1 aromatic heterocycles. The van der Waals surface area contributed by atoms with Crippen LogP contribution in [0.25, 0.3) is 0 Å². The standard InChI is InChI=1S/C10H17N3/c1-2-9(12-5-1)4-7-13-10-3-6-11-8-10/h1-2,5,10-13H,3-4,6-8H2. The first-order valence-corrected chi connectivity index (χ1v) is 5.01. The highest BCUT2D eigenvalue weighted by Crippen LogP contribution is 1.98. The highest BCUT2D eigenvalue weighted by molar-refractivity contribution is 5.03. The van der Waals surface area contributed by atoms with Gasteiger partial charge in [0.15, 0.2) is 0 Å². The molecule has 1 saturated heterocycles. The van der Waals surface area contributed by atoms with Crippen molar-refractivity contribution in [1.29, 1.82) is 0 Å². The van der Waals surface area contributed by atoms with E-state index in [9.17, 15) is 0 Å². The second-order valence-electron chi connectivity index (χ2n) is 3.59. The Hall–Kier alpha value is -0.800. The van der Waals surface area contributed by atoms with Crippen molar-refractivity contribution in [1.82, 2.24) is 15.6 Å². The molecule has 0 bridgehead atoms. The topological polar surface area (TPSA) is 39.9 Å². The van der Waals surface area contributed by atoms with Crippen molar-refractivity contribution in [3.8, 4) is 0 Å². The van der Waals surface area contributed by atoms with E-state index in [-0.39, 0.29) is 0 Å². The number of hydrogen-bond acceptors (Lipinski definition) is 2. The predicted molar refractivity (Wildman–Crippen MR) is 53.8 cm³/mol. The Morgan fingerprint density at radius 2 is 2.54 bits per heavy atom. The molecule has 2 rings (SSSR count). The third-order valence-electron chi connectivity index (χ3n) is 2.55. The van der Waals surface area contributed by atoms with Crippen LogP contribution in [0.5, 0.6) is 0 Å². The minimum Gasteiger partial charge on any atom is -0.365 e. The predicted octanol–water partition coefficient (Wildman–Crippen LogP) is 0.509. The van der Waals surface area contributed by atoms with E-state index >= 15 is 0 Å². The van der Waals surface area contributed by atoms with Crippen molar-refractivity contribution in [2.75, 3.05) is 19.6 Å². The Kier molecular flexibility index (Phi) is 3.00. The Morgan fingerprint density at radius 1 is 1.54 bits per heavy atom. The minimum atomic E-state index is 0.690. The fourth-order valence-electron chi connectivity index (χ4n) is 1.76. The number of aromatic nitrogens is 1. The summed E-state index contributed by atoms with van der Waals surface area (Å²) in [4.78, 5) is 3.21. The van der Waals surface area contributed by atoms with Crippen molar-refractivity contribution in [3.05, 3.63) is 24.0 Å². The quantitative estimate of drug-likeness (QED) is 0.630. The average Bonchev–Trinajstić information content (AvgIpc) is 2.75. The molecule has 0 amide bonds. The summed E-state index contributed by atoms with van der Waals surface area (Å²) in [5.74, 6) is 0. The highest BCUT2D eigenvalue weighted by atomic mass is 15.0. The molecule has 1 aromatic rings. The van der Waals surface area contributed by atoms with Gasteiger partial charge < -0.3 is 15.6 Å². The molecule has 2 heterocycles. The van der Waals surface area contributed by atoms with Gasteiger partial charge in [-0.25, -0.2) is 0 Å². The van der Waals surface area contributed by atoms with Gasteiger partial charge in [0.25, 0.3) is 0 Å². The Bertz CT molecular complexity index is 224. The second kappa shape index (κ2) is 4.44. The maximum absolute atomic E-state index is 3.54. The summed E-state index contributed by atoms with van der Waals surface area (Å²) in [6.07, 6.45) is 4.35. The van der Waals surface area contributed by atoms with E-state index in [2.05, 4.69) is 21.7 Å².